The summed E-state index contributed by atoms with van der Waals surface area (Å²) in [6, 6.07) is 7.23. The van der Waals surface area contributed by atoms with E-state index in [1.165, 1.54) is 36.5 Å². The molecule has 0 saturated heterocycles. The molecule has 1 heterocycles. The monoisotopic (exact) mass is 218 g/mol. The van der Waals surface area contributed by atoms with E-state index in [1.807, 2.05) is 0 Å². The van der Waals surface area contributed by atoms with Crippen molar-refractivity contribution < 1.29 is 9.31 Å². The van der Waals surface area contributed by atoms with Gasteiger partial charge in [-0.2, -0.15) is 0 Å². The quantitative estimate of drug-likeness (QED) is 0.575. The summed E-state index contributed by atoms with van der Waals surface area (Å²) >= 11 is 0. The molecule has 16 heavy (non-hydrogen) atoms. The largest absolute Gasteiger partial charge is 0.269 e. The number of non-ortho nitro benzene ring substituents is 1. The van der Waals surface area contributed by atoms with Crippen LogP contribution in [0.25, 0.3) is 11.1 Å². The third kappa shape index (κ3) is 1.88. The zero-order valence-electron chi connectivity index (χ0n) is 8.13. The Bertz CT molecular complexity index is 526. The molecule has 5 heteroatoms. The lowest BCUT2D eigenvalue weighted by atomic mass is 10.1. The van der Waals surface area contributed by atoms with Crippen molar-refractivity contribution in [2.45, 2.75) is 0 Å². The van der Waals surface area contributed by atoms with Gasteiger partial charge in [0.15, 0.2) is 0 Å². The van der Waals surface area contributed by atoms with Crippen LogP contribution in [-0.2, 0) is 0 Å². The van der Waals surface area contributed by atoms with Crippen molar-refractivity contribution in [2.24, 2.45) is 0 Å². The maximum absolute atomic E-state index is 13.3. The van der Waals surface area contributed by atoms with E-state index in [9.17, 15) is 14.5 Å². The summed E-state index contributed by atoms with van der Waals surface area (Å²) in [5.74, 6) is -0.448. The smallest absolute Gasteiger partial charge is 0.262 e. The van der Waals surface area contributed by atoms with E-state index in [2.05, 4.69) is 4.98 Å². The second-order valence-corrected chi connectivity index (χ2v) is 3.16. The predicted molar refractivity (Wildman–Crippen MR) is 56.3 cm³/mol. The van der Waals surface area contributed by atoms with Crippen molar-refractivity contribution in [3.05, 3.63) is 58.7 Å². The first-order chi connectivity index (χ1) is 7.68. The Morgan fingerprint density at radius 2 is 1.88 bits per heavy atom. The third-order valence-corrected chi connectivity index (χ3v) is 2.16. The molecule has 2 aromatic rings. The van der Waals surface area contributed by atoms with Crippen LogP contribution in [0.2, 0.25) is 0 Å². The highest BCUT2D eigenvalue weighted by atomic mass is 19.1. The lowest BCUT2D eigenvalue weighted by molar-refractivity contribution is -0.384. The molecule has 80 valence electrons. The van der Waals surface area contributed by atoms with Crippen LogP contribution in [0.4, 0.5) is 10.1 Å². The summed E-state index contributed by atoms with van der Waals surface area (Å²) in [6.07, 6.45) is 2.58. The number of benzene rings is 1. The Labute approximate surface area is 90.5 Å². The Morgan fingerprint density at radius 1 is 1.19 bits per heavy atom. The SMILES string of the molecule is O=[N+]([O-])c1ccc(-c2ccncc2F)cc1. The van der Waals surface area contributed by atoms with E-state index in [-0.39, 0.29) is 5.69 Å². The number of pyridine rings is 1. The molecule has 0 bridgehead atoms. The van der Waals surface area contributed by atoms with Gasteiger partial charge < -0.3 is 0 Å². The number of nitro benzene ring substituents is 1. The molecular weight excluding hydrogens is 211 g/mol. The molecular formula is C11H7FN2O2. The van der Waals surface area contributed by atoms with Gasteiger partial charge in [-0.15, -0.1) is 0 Å². The van der Waals surface area contributed by atoms with Crippen LogP contribution in [0.1, 0.15) is 0 Å². The number of nitro groups is 1. The standard InChI is InChI=1S/C11H7FN2O2/c12-11-7-13-6-5-10(11)8-1-3-9(4-2-8)14(15)16/h1-7H. The fourth-order valence-corrected chi connectivity index (χ4v) is 1.37. The lowest BCUT2D eigenvalue weighted by Crippen LogP contribution is -1.89. The van der Waals surface area contributed by atoms with Gasteiger partial charge in [0.05, 0.1) is 11.1 Å². The maximum Gasteiger partial charge on any atom is 0.269 e. The summed E-state index contributed by atoms with van der Waals surface area (Å²) in [4.78, 5) is 13.6. The van der Waals surface area contributed by atoms with Crippen LogP contribution >= 0.6 is 0 Å². The van der Waals surface area contributed by atoms with Gasteiger partial charge >= 0.3 is 0 Å². The number of hydrogen-bond acceptors (Lipinski definition) is 3. The topological polar surface area (TPSA) is 56.0 Å². The van der Waals surface area contributed by atoms with Crippen molar-refractivity contribution in [1.29, 1.82) is 0 Å². The molecule has 0 spiro atoms. The Kier molecular flexibility index (Phi) is 2.59. The van der Waals surface area contributed by atoms with Gasteiger partial charge in [-0.1, -0.05) is 0 Å². The zero-order chi connectivity index (χ0) is 11.5. The first kappa shape index (κ1) is 10.2. The summed E-state index contributed by atoms with van der Waals surface area (Å²) in [6.45, 7) is 0. The highest BCUT2D eigenvalue weighted by molar-refractivity contribution is 5.64. The summed E-state index contributed by atoms with van der Waals surface area (Å²) in [5.41, 5.74) is 0.952. The minimum Gasteiger partial charge on any atom is -0.262 e. The first-order valence-corrected chi connectivity index (χ1v) is 4.53. The van der Waals surface area contributed by atoms with Crippen LogP contribution in [0.3, 0.4) is 0 Å². The fraction of sp³-hybridized carbons (Fsp3) is 0. The molecule has 1 aromatic carbocycles. The highest BCUT2D eigenvalue weighted by Gasteiger charge is 2.07. The number of nitrogens with zero attached hydrogens (tertiary/aromatic N) is 2. The van der Waals surface area contributed by atoms with Crippen LogP contribution in [0.5, 0.6) is 0 Å². The molecule has 0 radical (unpaired) electrons. The number of hydrogen-bond donors (Lipinski definition) is 0. The van der Waals surface area contributed by atoms with Crippen molar-refractivity contribution in [2.75, 3.05) is 0 Å². The minimum absolute atomic E-state index is 0.0155. The number of rotatable bonds is 2. The summed E-state index contributed by atoms with van der Waals surface area (Å²) in [7, 11) is 0. The normalized spacial score (nSPS) is 10.1. The average Bonchev–Trinajstić information content (AvgIpc) is 2.30. The number of halogens is 1. The molecule has 0 unspecified atom stereocenters. The fourth-order valence-electron chi connectivity index (χ4n) is 1.37. The third-order valence-electron chi connectivity index (χ3n) is 2.16. The second kappa shape index (κ2) is 4.06. The Balaban J connectivity index is 2.43. The van der Waals surface area contributed by atoms with Crippen LogP contribution in [0.15, 0.2) is 42.7 Å². The van der Waals surface area contributed by atoms with Crippen molar-refractivity contribution >= 4 is 5.69 Å². The van der Waals surface area contributed by atoms with Gasteiger partial charge in [-0.05, 0) is 23.8 Å². The number of aromatic nitrogens is 1. The van der Waals surface area contributed by atoms with E-state index < -0.39 is 10.7 Å². The molecule has 0 fully saturated rings. The minimum atomic E-state index is -0.493. The first-order valence-electron chi connectivity index (χ1n) is 4.53. The van der Waals surface area contributed by atoms with Crippen LogP contribution in [-0.4, -0.2) is 9.91 Å². The maximum atomic E-state index is 13.3. The van der Waals surface area contributed by atoms with E-state index in [4.69, 9.17) is 0 Å². The molecule has 0 atom stereocenters. The molecule has 0 aliphatic rings. The molecule has 0 saturated carbocycles. The van der Waals surface area contributed by atoms with Crippen molar-refractivity contribution in [1.82, 2.24) is 4.98 Å². The van der Waals surface area contributed by atoms with Crippen molar-refractivity contribution in [3.63, 3.8) is 0 Å². The van der Waals surface area contributed by atoms with Crippen molar-refractivity contribution in [3.8, 4) is 11.1 Å². The van der Waals surface area contributed by atoms with Crippen LogP contribution < -0.4 is 0 Å². The summed E-state index contributed by atoms with van der Waals surface area (Å²) in [5, 5.41) is 10.4. The molecule has 1 aromatic heterocycles. The van der Waals surface area contributed by atoms with Gasteiger partial charge in [0.1, 0.15) is 5.82 Å². The van der Waals surface area contributed by atoms with Gasteiger partial charge in [0.2, 0.25) is 0 Å². The molecule has 0 aliphatic carbocycles. The zero-order valence-corrected chi connectivity index (χ0v) is 8.13. The average molecular weight is 218 g/mol. The molecule has 4 nitrogen and oxygen atoms in total. The van der Waals surface area contributed by atoms with Gasteiger partial charge in [-0.3, -0.25) is 15.1 Å². The van der Waals surface area contributed by atoms with Gasteiger partial charge in [0, 0.05) is 23.9 Å². The highest BCUT2D eigenvalue weighted by Crippen LogP contribution is 2.23. The Morgan fingerprint density at radius 3 is 2.44 bits per heavy atom. The predicted octanol–water partition coefficient (Wildman–Crippen LogP) is 2.80. The van der Waals surface area contributed by atoms with E-state index in [0.29, 0.717) is 11.1 Å². The van der Waals surface area contributed by atoms with Gasteiger partial charge in [-0.25, -0.2) is 4.39 Å². The molecule has 2 rings (SSSR count). The molecule has 0 amide bonds. The van der Waals surface area contributed by atoms with E-state index >= 15 is 0 Å². The van der Waals surface area contributed by atoms with E-state index in [1.54, 1.807) is 0 Å². The second-order valence-electron chi connectivity index (χ2n) is 3.16. The summed E-state index contributed by atoms with van der Waals surface area (Å²) < 4.78 is 13.3. The lowest BCUT2D eigenvalue weighted by Gasteiger charge is -2.01. The molecule has 0 N–H and O–H groups in total. The van der Waals surface area contributed by atoms with Crippen LogP contribution in [0, 0.1) is 15.9 Å². The Hall–Kier alpha value is -2.30. The van der Waals surface area contributed by atoms with Gasteiger partial charge in [0.25, 0.3) is 5.69 Å². The molecule has 0 aliphatic heterocycles. The van der Waals surface area contributed by atoms with E-state index in [0.717, 1.165) is 6.20 Å².